The highest BCUT2D eigenvalue weighted by molar-refractivity contribution is 5.39. The van der Waals surface area contributed by atoms with E-state index >= 15 is 0 Å². The topological polar surface area (TPSA) is 70.3 Å². The van der Waals surface area contributed by atoms with Gasteiger partial charge in [-0.15, -0.1) is 0 Å². The van der Waals surface area contributed by atoms with Gasteiger partial charge in [0.05, 0.1) is 6.20 Å². The number of nitrogens with zero attached hydrogens (tertiary/aromatic N) is 6. The molecule has 1 spiro atoms. The third-order valence-corrected chi connectivity index (χ3v) is 6.51. The molecule has 140 valence electrons. The lowest BCUT2D eigenvalue weighted by Gasteiger charge is -2.42. The van der Waals surface area contributed by atoms with Gasteiger partial charge in [-0.3, -0.25) is 9.58 Å². The number of anilines is 1. The Morgan fingerprint density at radius 2 is 2.12 bits per heavy atom. The van der Waals surface area contributed by atoms with E-state index in [1.54, 1.807) is 12.5 Å². The molecule has 4 heterocycles. The van der Waals surface area contributed by atoms with Gasteiger partial charge >= 0.3 is 0 Å². The largest absolute Gasteiger partial charge is 0.396 e. The highest BCUT2D eigenvalue weighted by Crippen LogP contribution is 2.45. The summed E-state index contributed by atoms with van der Waals surface area (Å²) in [5, 5.41) is 14.4. The van der Waals surface area contributed by atoms with Crippen LogP contribution in [0.3, 0.4) is 0 Å². The smallest absolute Gasteiger partial charge is 0.131 e. The number of aliphatic hydroxyl groups excluding tert-OH is 1. The van der Waals surface area contributed by atoms with Crippen molar-refractivity contribution in [2.45, 2.75) is 26.3 Å². The zero-order valence-corrected chi connectivity index (χ0v) is 15.7. The zero-order chi connectivity index (χ0) is 18.1. The number of piperidine rings is 1. The lowest BCUT2D eigenvalue weighted by atomic mass is 9.71. The molecule has 0 amide bonds. The van der Waals surface area contributed by atoms with Gasteiger partial charge in [-0.2, -0.15) is 5.10 Å². The molecule has 2 saturated heterocycles. The summed E-state index contributed by atoms with van der Waals surface area (Å²) in [5.41, 5.74) is 2.76. The maximum absolute atomic E-state index is 10.0. The number of likely N-dealkylation sites (tertiary alicyclic amines) is 1. The van der Waals surface area contributed by atoms with Crippen LogP contribution in [-0.2, 0) is 13.6 Å². The maximum atomic E-state index is 10.0. The molecule has 0 bridgehead atoms. The Hall–Kier alpha value is -1.99. The van der Waals surface area contributed by atoms with Crippen LogP contribution in [0, 0.1) is 18.3 Å². The standard InChI is InChI=1S/C19H28N6O/c1-15-16(9-22-23(15)2)10-24-7-4-19(5-8-24)13-25(11-17(19)12-26)18-3-6-20-14-21-18/h3,6,9,14,17,26H,4-5,7-8,10-13H2,1-2H3. The SMILES string of the molecule is Cc1c(CN2CCC3(CC2)CN(c2ccncn2)CC3CO)cnn1C. The molecule has 1 unspecified atom stereocenters. The summed E-state index contributed by atoms with van der Waals surface area (Å²) < 4.78 is 1.94. The summed E-state index contributed by atoms with van der Waals surface area (Å²) in [5.74, 6) is 1.29. The van der Waals surface area contributed by atoms with Crippen molar-refractivity contribution in [2.75, 3.05) is 37.7 Å². The molecular weight excluding hydrogens is 328 g/mol. The van der Waals surface area contributed by atoms with Crippen molar-refractivity contribution < 1.29 is 5.11 Å². The Balaban J connectivity index is 1.42. The first-order valence-electron chi connectivity index (χ1n) is 9.43. The molecule has 0 saturated carbocycles. The fraction of sp³-hybridized carbons (Fsp3) is 0.632. The summed E-state index contributed by atoms with van der Waals surface area (Å²) >= 11 is 0. The predicted molar refractivity (Wildman–Crippen MR) is 99.7 cm³/mol. The Kier molecular flexibility index (Phi) is 4.67. The molecule has 2 aliphatic rings. The quantitative estimate of drug-likeness (QED) is 0.889. The second kappa shape index (κ2) is 6.96. The second-order valence-corrected chi connectivity index (χ2v) is 7.84. The van der Waals surface area contributed by atoms with E-state index in [0.29, 0.717) is 5.92 Å². The van der Waals surface area contributed by atoms with E-state index in [2.05, 4.69) is 31.8 Å². The molecular formula is C19H28N6O. The van der Waals surface area contributed by atoms with Crippen LogP contribution >= 0.6 is 0 Å². The van der Waals surface area contributed by atoms with Crippen molar-refractivity contribution in [2.24, 2.45) is 18.4 Å². The molecule has 26 heavy (non-hydrogen) atoms. The molecule has 0 aliphatic carbocycles. The average molecular weight is 356 g/mol. The van der Waals surface area contributed by atoms with Gasteiger partial charge in [0.25, 0.3) is 0 Å². The molecule has 0 radical (unpaired) electrons. The zero-order valence-electron chi connectivity index (χ0n) is 15.7. The van der Waals surface area contributed by atoms with Crippen LogP contribution < -0.4 is 4.90 Å². The normalized spacial score (nSPS) is 23.0. The minimum atomic E-state index is 0.195. The van der Waals surface area contributed by atoms with Crippen LogP contribution in [-0.4, -0.2) is 62.5 Å². The Bertz CT molecular complexity index is 738. The van der Waals surface area contributed by atoms with E-state index in [1.165, 1.54) is 11.3 Å². The van der Waals surface area contributed by atoms with Crippen molar-refractivity contribution in [3.8, 4) is 0 Å². The number of aryl methyl sites for hydroxylation is 1. The summed E-state index contributed by atoms with van der Waals surface area (Å²) in [6.07, 6.45) is 7.63. The van der Waals surface area contributed by atoms with Crippen molar-refractivity contribution >= 4 is 5.82 Å². The van der Waals surface area contributed by atoms with Crippen molar-refractivity contribution in [3.63, 3.8) is 0 Å². The Labute approximate surface area is 154 Å². The molecule has 2 aromatic heterocycles. The first kappa shape index (κ1) is 17.4. The molecule has 2 aromatic rings. The highest BCUT2D eigenvalue weighted by atomic mass is 16.3. The number of hydrogen-bond donors (Lipinski definition) is 1. The number of hydrogen-bond acceptors (Lipinski definition) is 6. The lowest BCUT2D eigenvalue weighted by Crippen LogP contribution is -2.44. The lowest BCUT2D eigenvalue weighted by molar-refractivity contribution is 0.0506. The summed E-state index contributed by atoms with van der Waals surface area (Å²) in [6, 6.07) is 1.97. The molecule has 1 N–H and O–H groups in total. The second-order valence-electron chi connectivity index (χ2n) is 7.84. The fourth-order valence-corrected chi connectivity index (χ4v) is 4.59. The summed E-state index contributed by atoms with van der Waals surface area (Å²) in [4.78, 5) is 13.3. The molecule has 0 aromatic carbocycles. The van der Waals surface area contributed by atoms with E-state index in [1.807, 2.05) is 24.0 Å². The molecule has 7 nitrogen and oxygen atoms in total. The minimum Gasteiger partial charge on any atom is -0.396 e. The van der Waals surface area contributed by atoms with E-state index in [0.717, 1.165) is 51.4 Å². The Morgan fingerprint density at radius 3 is 2.73 bits per heavy atom. The first-order chi connectivity index (χ1) is 12.6. The number of rotatable bonds is 4. The van der Waals surface area contributed by atoms with Gasteiger partial charge < -0.3 is 10.0 Å². The highest BCUT2D eigenvalue weighted by Gasteiger charge is 2.47. The molecule has 4 rings (SSSR count). The van der Waals surface area contributed by atoms with Gasteiger partial charge in [0.2, 0.25) is 0 Å². The van der Waals surface area contributed by atoms with Crippen molar-refractivity contribution in [1.29, 1.82) is 0 Å². The van der Waals surface area contributed by atoms with Gasteiger partial charge in [-0.25, -0.2) is 9.97 Å². The van der Waals surface area contributed by atoms with E-state index in [-0.39, 0.29) is 12.0 Å². The van der Waals surface area contributed by atoms with Crippen molar-refractivity contribution in [3.05, 3.63) is 36.0 Å². The van der Waals surface area contributed by atoms with Crippen molar-refractivity contribution in [1.82, 2.24) is 24.6 Å². The Morgan fingerprint density at radius 1 is 1.31 bits per heavy atom. The van der Waals surface area contributed by atoms with Gasteiger partial charge in [0, 0.05) is 56.7 Å². The van der Waals surface area contributed by atoms with Crippen LogP contribution in [0.4, 0.5) is 5.82 Å². The molecule has 1 atom stereocenters. The van der Waals surface area contributed by atoms with Gasteiger partial charge in [0.15, 0.2) is 0 Å². The van der Waals surface area contributed by atoms with Crippen LogP contribution in [0.25, 0.3) is 0 Å². The van der Waals surface area contributed by atoms with Gasteiger partial charge in [-0.1, -0.05) is 0 Å². The van der Waals surface area contributed by atoms with E-state index in [9.17, 15) is 5.11 Å². The third kappa shape index (κ3) is 3.10. The van der Waals surface area contributed by atoms with Crippen LogP contribution in [0.5, 0.6) is 0 Å². The molecule has 2 fully saturated rings. The summed E-state index contributed by atoms with van der Waals surface area (Å²) in [6.45, 7) is 7.36. The maximum Gasteiger partial charge on any atom is 0.131 e. The minimum absolute atomic E-state index is 0.195. The number of aromatic nitrogens is 4. The van der Waals surface area contributed by atoms with Crippen LogP contribution in [0.1, 0.15) is 24.1 Å². The van der Waals surface area contributed by atoms with E-state index in [4.69, 9.17) is 0 Å². The first-order valence-corrected chi connectivity index (χ1v) is 9.43. The molecule has 7 heteroatoms. The van der Waals surface area contributed by atoms with Gasteiger partial charge in [-0.05, 0) is 44.3 Å². The average Bonchev–Trinajstić information content (AvgIpc) is 3.19. The molecule has 2 aliphatic heterocycles. The summed E-state index contributed by atoms with van der Waals surface area (Å²) in [7, 11) is 2.00. The van der Waals surface area contributed by atoms with E-state index < -0.39 is 0 Å². The monoisotopic (exact) mass is 356 g/mol. The predicted octanol–water partition coefficient (Wildman–Crippen LogP) is 1.23. The third-order valence-electron chi connectivity index (χ3n) is 6.51. The van der Waals surface area contributed by atoms with Crippen LogP contribution in [0.15, 0.2) is 24.8 Å². The van der Waals surface area contributed by atoms with Gasteiger partial charge in [0.1, 0.15) is 12.1 Å². The fourth-order valence-electron chi connectivity index (χ4n) is 4.59. The number of aliphatic hydroxyl groups is 1. The van der Waals surface area contributed by atoms with Crippen LogP contribution in [0.2, 0.25) is 0 Å².